The minimum atomic E-state index is -0.782. The lowest BCUT2D eigenvalue weighted by Crippen LogP contribution is -2.09. The average molecular weight is 336 g/mol. The van der Waals surface area contributed by atoms with Crippen LogP contribution in [-0.4, -0.2) is 24.0 Å². The molecule has 0 saturated carbocycles. The summed E-state index contributed by atoms with van der Waals surface area (Å²) in [6.07, 6.45) is 0. The van der Waals surface area contributed by atoms with Crippen LogP contribution in [0.4, 0.5) is 5.69 Å². The van der Waals surface area contributed by atoms with Crippen molar-refractivity contribution >= 4 is 29.2 Å². The van der Waals surface area contributed by atoms with Gasteiger partial charge in [0.1, 0.15) is 10.8 Å². The van der Waals surface area contributed by atoms with Gasteiger partial charge in [-0.2, -0.15) is 0 Å². The molecule has 0 aromatic heterocycles. The van der Waals surface area contributed by atoms with Gasteiger partial charge in [-0.15, -0.1) is 0 Å². The fraction of sp³-hybridized carbons (Fsp3) is 0.0667. The van der Waals surface area contributed by atoms with E-state index in [-0.39, 0.29) is 22.0 Å². The van der Waals surface area contributed by atoms with Crippen LogP contribution in [-0.2, 0) is 4.74 Å². The van der Waals surface area contributed by atoms with Crippen molar-refractivity contribution in [3.05, 3.63) is 68.7 Å². The lowest BCUT2D eigenvalue weighted by molar-refractivity contribution is -0.384. The number of carbonyl (C=O) groups excluding carboxylic acids is 2. The van der Waals surface area contributed by atoms with Crippen LogP contribution in [0.2, 0.25) is 5.02 Å². The molecule has 0 spiro atoms. The van der Waals surface area contributed by atoms with Crippen molar-refractivity contribution in [3.63, 3.8) is 0 Å². The number of nitro benzene ring substituents is 1. The molecule has 0 aliphatic rings. The number of rotatable bonds is 4. The third-order valence-electron chi connectivity index (χ3n) is 2.86. The lowest BCUT2D eigenvalue weighted by Gasteiger charge is -2.05. The summed E-state index contributed by atoms with van der Waals surface area (Å²) in [5, 5.41) is 10.7. The molecule has 2 aromatic rings. The van der Waals surface area contributed by atoms with Crippen molar-refractivity contribution in [2.75, 3.05) is 7.11 Å². The van der Waals surface area contributed by atoms with E-state index in [1.165, 1.54) is 43.5 Å². The largest absolute Gasteiger partial charge is 0.465 e. The highest BCUT2D eigenvalue weighted by Crippen LogP contribution is 2.25. The van der Waals surface area contributed by atoms with Crippen molar-refractivity contribution < 1.29 is 24.0 Å². The maximum atomic E-state index is 12.0. The number of hydrogen-bond donors (Lipinski definition) is 0. The molecule has 23 heavy (non-hydrogen) atoms. The molecular formula is C15H10ClNO6. The van der Waals surface area contributed by atoms with Crippen molar-refractivity contribution in [2.24, 2.45) is 0 Å². The standard InChI is InChI=1S/C15H10ClNO6/c1-22-14(18)9-2-5-11(6-3-9)23-15(19)10-4-7-12(16)13(8-10)17(20)21/h2-8H,1H3. The summed E-state index contributed by atoms with van der Waals surface area (Å²) < 4.78 is 9.64. The summed E-state index contributed by atoms with van der Waals surface area (Å²) in [7, 11) is 1.25. The van der Waals surface area contributed by atoms with E-state index in [2.05, 4.69) is 4.74 Å². The van der Waals surface area contributed by atoms with Gasteiger partial charge in [0.05, 0.1) is 23.2 Å². The van der Waals surface area contributed by atoms with Crippen LogP contribution in [0.5, 0.6) is 5.75 Å². The van der Waals surface area contributed by atoms with Crippen LogP contribution in [0.1, 0.15) is 20.7 Å². The second-order valence-electron chi connectivity index (χ2n) is 4.33. The zero-order valence-electron chi connectivity index (χ0n) is 11.8. The van der Waals surface area contributed by atoms with Gasteiger partial charge in [-0.3, -0.25) is 10.1 Å². The number of ether oxygens (including phenoxy) is 2. The maximum absolute atomic E-state index is 12.0. The van der Waals surface area contributed by atoms with Crippen molar-refractivity contribution in [1.82, 2.24) is 0 Å². The van der Waals surface area contributed by atoms with Gasteiger partial charge in [0.2, 0.25) is 0 Å². The van der Waals surface area contributed by atoms with E-state index in [9.17, 15) is 19.7 Å². The van der Waals surface area contributed by atoms with Crippen molar-refractivity contribution in [2.45, 2.75) is 0 Å². The zero-order valence-corrected chi connectivity index (χ0v) is 12.6. The van der Waals surface area contributed by atoms with E-state index in [1.807, 2.05) is 0 Å². The molecule has 7 nitrogen and oxygen atoms in total. The van der Waals surface area contributed by atoms with Crippen LogP contribution in [0, 0.1) is 10.1 Å². The van der Waals surface area contributed by atoms with Gasteiger partial charge in [0.25, 0.3) is 5.69 Å². The maximum Gasteiger partial charge on any atom is 0.343 e. The fourth-order valence-electron chi connectivity index (χ4n) is 1.72. The van der Waals surface area contributed by atoms with E-state index >= 15 is 0 Å². The molecule has 0 saturated heterocycles. The smallest absolute Gasteiger partial charge is 0.343 e. The minimum Gasteiger partial charge on any atom is -0.465 e. The molecule has 0 radical (unpaired) electrons. The molecule has 0 heterocycles. The van der Waals surface area contributed by atoms with Gasteiger partial charge in [0, 0.05) is 6.07 Å². The molecule has 8 heteroatoms. The number of halogens is 1. The van der Waals surface area contributed by atoms with Crippen LogP contribution in [0.25, 0.3) is 0 Å². The Labute approximate surface area is 135 Å². The van der Waals surface area contributed by atoms with Gasteiger partial charge >= 0.3 is 11.9 Å². The van der Waals surface area contributed by atoms with Gasteiger partial charge in [0.15, 0.2) is 0 Å². The Hall–Kier alpha value is -2.93. The molecule has 0 fully saturated rings. The summed E-state index contributed by atoms with van der Waals surface area (Å²) in [6.45, 7) is 0. The van der Waals surface area contributed by atoms with Crippen LogP contribution in [0.15, 0.2) is 42.5 Å². The molecule has 0 aliphatic heterocycles. The number of carbonyl (C=O) groups is 2. The number of esters is 2. The molecule has 2 aromatic carbocycles. The third kappa shape index (κ3) is 3.83. The van der Waals surface area contributed by atoms with Crippen molar-refractivity contribution in [1.29, 1.82) is 0 Å². The summed E-state index contributed by atoms with van der Waals surface area (Å²) in [6, 6.07) is 9.28. The summed E-state index contributed by atoms with van der Waals surface area (Å²) in [5.41, 5.74) is -0.102. The molecule has 0 unspecified atom stereocenters. The summed E-state index contributed by atoms with van der Waals surface area (Å²) >= 11 is 5.68. The molecular weight excluding hydrogens is 326 g/mol. The zero-order chi connectivity index (χ0) is 17.0. The normalized spacial score (nSPS) is 10.0. The first-order chi connectivity index (χ1) is 10.9. The third-order valence-corrected chi connectivity index (χ3v) is 3.18. The van der Waals surface area contributed by atoms with Gasteiger partial charge in [-0.05, 0) is 36.4 Å². The summed E-state index contributed by atoms with van der Waals surface area (Å²) in [5.74, 6) is -1.12. The van der Waals surface area contributed by atoms with E-state index in [0.717, 1.165) is 6.07 Å². The predicted molar refractivity (Wildman–Crippen MR) is 80.8 cm³/mol. The van der Waals surface area contributed by atoms with Crippen LogP contribution in [0.3, 0.4) is 0 Å². The Kier molecular flexibility index (Phi) is 4.92. The molecule has 0 bridgehead atoms. The Morgan fingerprint density at radius 3 is 2.22 bits per heavy atom. The average Bonchev–Trinajstić information content (AvgIpc) is 2.54. The van der Waals surface area contributed by atoms with Gasteiger partial charge in [-0.1, -0.05) is 11.6 Å². The first kappa shape index (κ1) is 16.4. The molecule has 0 aliphatic carbocycles. The van der Waals surface area contributed by atoms with E-state index < -0.39 is 16.9 Å². The fourth-order valence-corrected chi connectivity index (χ4v) is 1.91. The Bertz CT molecular complexity index is 772. The second kappa shape index (κ2) is 6.89. The Balaban J connectivity index is 2.17. The van der Waals surface area contributed by atoms with E-state index in [1.54, 1.807) is 0 Å². The number of benzene rings is 2. The monoisotopic (exact) mass is 335 g/mol. The first-order valence-corrected chi connectivity index (χ1v) is 6.64. The molecule has 0 atom stereocenters. The minimum absolute atomic E-state index is 0.0156. The van der Waals surface area contributed by atoms with E-state index in [4.69, 9.17) is 16.3 Å². The van der Waals surface area contributed by atoms with Crippen molar-refractivity contribution in [3.8, 4) is 5.75 Å². The van der Waals surface area contributed by atoms with E-state index in [0.29, 0.717) is 5.56 Å². The summed E-state index contributed by atoms with van der Waals surface area (Å²) in [4.78, 5) is 33.4. The highest BCUT2D eigenvalue weighted by molar-refractivity contribution is 6.32. The Morgan fingerprint density at radius 2 is 1.65 bits per heavy atom. The van der Waals surface area contributed by atoms with Gasteiger partial charge < -0.3 is 9.47 Å². The quantitative estimate of drug-likeness (QED) is 0.368. The number of nitro groups is 1. The predicted octanol–water partition coefficient (Wildman–Crippen LogP) is 3.25. The first-order valence-electron chi connectivity index (χ1n) is 6.27. The van der Waals surface area contributed by atoms with Crippen LogP contribution < -0.4 is 4.74 Å². The highest BCUT2D eigenvalue weighted by Gasteiger charge is 2.17. The number of hydrogen-bond acceptors (Lipinski definition) is 6. The Morgan fingerprint density at radius 1 is 1.04 bits per heavy atom. The topological polar surface area (TPSA) is 95.7 Å². The lowest BCUT2D eigenvalue weighted by atomic mass is 10.2. The molecule has 0 N–H and O–H groups in total. The number of nitrogens with zero attached hydrogens (tertiary/aromatic N) is 1. The molecule has 118 valence electrons. The van der Waals surface area contributed by atoms with Gasteiger partial charge in [-0.25, -0.2) is 9.59 Å². The second-order valence-corrected chi connectivity index (χ2v) is 4.74. The van der Waals surface area contributed by atoms with Crippen LogP contribution >= 0.6 is 11.6 Å². The molecule has 0 amide bonds. The number of methoxy groups -OCH3 is 1. The molecule has 2 rings (SSSR count). The SMILES string of the molecule is COC(=O)c1ccc(OC(=O)c2ccc(Cl)c([N+](=O)[O-])c2)cc1. The highest BCUT2D eigenvalue weighted by atomic mass is 35.5.